The highest BCUT2D eigenvalue weighted by atomic mass is 16.5. The largest absolute Gasteiger partial charge is 0.490 e. The van der Waals surface area contributed by atoms with Crippen LogP contribution in [-0.2, 0) is 6.54 Å². The maximum Gasteiger partial charge on any atom is 0.336 e. The molecule has 0 aliphatic rings. The second-order valence-electron chi connectivity index (χ2n) is 8.11. The molecule has 0 aliphatic heterocycles. The maximum atomic E-state index is 12.1. The van der Waals surface area contributed by atoms with Crippen LogP contribution in [-0.4, -0.2) is 13.2 Å². The number of quaternary nitrogens is 1. The summed E-state index contributed by atoms with van der Waals surface area (Å²) >= 11 is 0. The Balaban J connectivity index is 1.81. The van der Waals surface area contributed by atoms with E-state index in [1.165, 1.54) is 0 Å². The fourth-order valence-electron chi connectivity index (χ4n) is 3.60. The molecule has 0 unspecified atom stereocenters. The second-order valence-corrected chi connectivity index (χ2v) is 8.11. The highest BCUT2D eigenvalue weighted by molar-refractivity contribution is 5.83. The van der Waals surface area contributed by atoms with Gasteiger partial charge >= 0.3 is 5.63 Å². The third-order valence-corrected chi connectivity index (χ3v) is 5.63. The zero-order valence-corrected chi connectivity index (χ0v) is 19.3. The van der Waals surface area contributed by atoms with Crippen LogP contribution in [0.1, 0.15) is 61.9 Å². The average molecular weight is 425 g/mol. The first-order valence-corrected chi connectivity index (χ1v) is 11.2. The first kappa shape index (κ1) is 22.9. The molecule has 0 saturated heterocycles. The van der Waals surface area contributed by atoms with Crippen LogP contribution in [0.15, 0.2) is 45.6 Å². The molecule has 0 bridgehead atoms. The van der Waals surface area contributed by atoms with Crippen LogP contribution in [0, 0.1) is 13.8 Å². The summed E-state index contributed by atoms with van der Waals surface area (Å²) in [6.07, 6.45) is 1.90. The molecule has 2 N–H and O–H groups in total. The van der Waals surface area contributed by atoms with E-state index in [-0.39, 0.29) is 11.7 Å². The molecule has 0 aliphatic carbocycles. The molecule has 3 rings (SSSR count). The third kappa shape index (κ3) is 5.47. The summed E-state index contributed by atoms with van der Waals surface area (Å²) in [4.78, 5) is 12.1. The van der Waals surface area contributed by atoms with Crippen molar-refractivity contribution in [1.82, 2.24) is 0 Å². The molecule has 0 radical (unpaired) electrons. The molecule has 0 saturated carbocycles. The Kier molecular flexibility index (Phi) is 7.75. The van der Waals surface area contributed by atoms with Crippen molar-refractivity contribution >= 4 is 11.0 Å². The van der Waals surface area contributed by atoms with Crippen LogP contribution in [0.3, 0.4) is 0 Å². The highest BCUT2D eigenvalue weighted by Gasteiger charge is 2.16. The maximum absolute atomic E-state index is 12.1. The van der Waals surface area contributed by atoms with Crippen molar-refractivity contribution in [2.24, 2.45) is 0 Å². The molecular weight excluding hydrogens is 390 g/mol. The van der Waals surface area contributed by atoms with E-state index in [1.807, 2.05) is 26.0 Å². The van der Waals surface area contributed by atoms with E-state index in [1.54, 1.807) is 6.07 Å². The number of ether oxygens (including phenoxy) is 2. The van der Waals surface area contributed by atoms with E-state index in [0.29, 0.717) is 25.3 Å². The van der Waals surface area contributed by atoms with Crippen molar-refractivity contribution in [3.05, 3.63) is 69.1 Å². The fourth-order valence-corrected chi connectivity index (χ4v) is 3.60. The van der Waals surface area contributed by atoms with Gasteiger partial charge in [0.2, 0.25) is 0 Å². The standard InChI is InChI=1S/C26H33NO4/c1-6-12-29-23-11-9-20(14-24(23)30-13-7-2)19(5)27-16-21-15-25(28)31-26-18(4)17(3)8-10-22(21)26/h8-11,14-15,19,27H,6-7,12-13,16H2,1-5H3/p+1/t19-/m0/s1. The van der Waals surface area contributed by atoms with Gasteiger partial charge in [0.05, 0.1) is 13.2 Å². The molecule has 166 valence electrons. The van der Waals surface area contributed by atoms with Crippen LogP contribution in [0.25, 0.3) is 11.0 Å². The van der Waals surface area contributed by atoms with Crippen LogP contribution in [0.5, 0.6) is 11.5 Å². The summed E-state index contributed by atoms with van der Waals surface area (Å²) in [5.74, 6) is 1.59. The topological polar surface area (TPSA) is 65.3 Å². The quantitative estimate of drug-likeness (QED) is 0.474. The number of aryl methyl sites for hydroxylation is 2. The van der Waals surface area contributed by atoms with Crippen molar-refractivity contribution in [1.29, 1.82) is 0 Å². The van der Waals surface area contributed by atoms with Gasteiger partial charge in [-0.25, -0.2) is 4.79 Å². The predicted molar refractivity (Wildman–Crippen MR) is 124 cm³/mol. The summed E-state index contributed by atoms with van der Waals surface area (Å²) in [5, 5.41) is 3.23. The second kappa shape index (κ2) is 10.5. The number of fused-ring (bicyclic) bond motifs is 1. The van der Waals surface area contributed by atoms with E-state index in [0.717, 1.165) is 52.0 Å². The van der Waals surface area contributed by atoms with E-state index < -0.39 is 0 Å². The first-order valence-electron chi connectivity index (χ1n) is 11.2. The Morgan fingerprint density at radius 3 is 2.39 bits per heavy atom. The lowest BCUT2D eigenvalue weighted by Crippen LogP contribution is -2.83. The van der Waals surface area contributed by atoms with Gasteiger partial charge in [-0.3, -0.25) is 0 Å². The molecule has 5 nitrogen and oxygen atoms in total. The number of rotatable bonds is 10. The smallest absolute Gasteiger partial charge is 0.336 e. The monoisotopic (exact) mass is 424 g/mol. The molecule has 31 heavy (non-hydrogen) atoms. The van der Waals surface area contributed by atoms with Crippen molar-refractivity contribution < 1.29 is 19.2 Å². The molecule has 0 amide bonds. The van der Waals surface area contributed by atoms with Gasteiger partial charge in [-0.15, -0.1) is 0 Å². The van der Waals surface area contributed by atoms with Crippen molar-refractivity contribution in [2.45, 2.75) is 60.0 Å². The first-order chi connectivity index (χ1) is 14.9. The van der Waals surface area contributed by atoms with E-state index in [4.69, 9.17) is 13.9 Å². The van der Waals surface area contributed by atoms with Gasteiger partial charge in [0.1, 0.15) is 18.2 Å². The molecule has 2 aromatic carbocycles. The van der Waals surface area contributed by atoms with Gasteiger partial charge < -0.3 is 19.2 Å². The minimum atomic E-state index is -0.301. The summed E-state index contributed by atoms with van der Waals surface area (Å²) in [7, 11) is 0. The van der Waals surface area contributed by atoms with Gasteiger partial charge in [-0.2, -0.15) is 0 Å². The van der Waals surface area contributed by atoms with Crippen LogP contribution in [0.2, 0.25) is 0 Å². The minimum absolute atomic E-state index is 0.193. The Bertz CT molecular complexity index is 1090. The summed E-state index contributed by atoms with van der Waals surface area (Å²) < 4.78 is 17.3. The third-order valence-electron chi connectivity index (χ3n) is 5.63. The zero-order chi connectivity index (χ0) is 22.4. The van der Waals surface area contributed by atoms with Crippen molar-refractivity contribution in [3.8, 4) is 11.5 Å². The van der Waals surface area contributed by atoms with Gasteiger partial charge in [-0.1, -0.05) is 26.0 Å². The molecular formula is C26H34NO4+. The number of hydrogen-bond acceptors (Lipinski definition) is 4. The Hall–Kier alpha value is -2.79. The lowest BCUT2D eigenvalue weighted by atomic mass is 10.0. The highest BCUT2D eigenvalue weighted by Crippen LogP contribution is 2.30. The average Bonchev–Trinajstić information content (AvgIpc) is 2.77. The van der Waals surface area contributed by atoms with Gasteiger partial charge in [0.15, 0.2) is 11.5 Å². The summed E-state index contributed by atoms with van der Waals surface area (Å²) in [6.45, 7) is 12.4. The molecule has 1 heterocycles. The van der Waals surface area contributed by atoms with Crippen molar-refractivity contribution in [3.63, 3.8) is 0 Å². The Labute approximate surface area is 184 Å². The van der Waals surface area contributed by atoms with Gasteiger partial charge in [-0.05, 0) is 62.9 Å². The molecule has 1 atom stereocenters. The zero-order valence-electron chi connectivity index (χ0n) is 19.3. The number of hydrogen-bond donors (Lipinski definition) is 1. The van der Waals surface area contributed by atoms with Crippen LogP contribution < -0.4 is 20.4 Å². The lowest BCUT2D eigenvalue weighted by Gasteiger charge is -2.16. The number of nitrogens with two attached hydrogens (primary N) is 1. The van der Waals surface area contributed by atoms with E-state index in [2.05, 4.69) is 44.3 Å². The van der Waals surface area contributed by atoms with Gasteiger partial charge in [0, 0.05) is 22.6 Å². The van der Waals surface area contributed by atoms with E-state index >= 15 is 0 Å². The molecule has 1 aromatic heterocycles. The summed E-state index contributed by atoms with van der Waals surface area (Å²) in [5.41, 5.74) is 4.68. The van der Waals surface area contributed by atoms with E-state index in [9.17, 15) is 4.79 Å². The minimum Gasteiger partial charge on any atom is -0.490 e. The van der Waals surface area contributed by atoms with Crippen LogP contribution in [0.4, 0.5) is 0 Å². The summed E-state index contributed by atoms with van der Waals surface area (Å²) in [6, 6.07) is 12.1. The normalized spacial score (nSPS) is 12.2. The Morgan fingerprint density at radius 2 is 1.68 bits per heavy atom. The van der Waals surface area contributed by atoms with Crippen molar-refractivity contribution in [2.75, 3.05) is 13.2 Å². The fraction of sp³-hybridized carbons (Fsp3) is 0.423. The van der Waals surface area contributed by atoms with Gasteiger partial charge in [0.25, 0.3) is 0 Å². The Morgan fingerprint density at radius 1 is 0.968 bits per heavy atom. The SMILES string of the molecule is CCCOc1ccc([C@H](C)[NH2+]Cc2cc(=O)oc3c(C)c(C)ccc23)cc1OCCC. The molecule has 5 heteroatoms. The molecule has 0 fully saturated rings. The predicted octanol–water partition coefficient (Wildman–Crippen LogP) is 4.81. The molecule has 3 aromatic rings. The molecule has 0 spiro atoms. The lowest BCUT2D eigenvalue weighted by molar-refractivity contribution is -0.707. The number of benzene rings is 2. The van der Waals surface area contributed by atoms with Crippen LogP contribution >= 0.6 is 0 Å².